The molecule has 2 aliphatic rings. The summed E-state index contributed by atoms with van der Waals surface area (Å²) in [6.45, 7) is 3.68. The minimum Gasteiger partial charge on any atom is -0.508 e. The number of aliphatic carboxylic acids is 2. The van der Waals surface area contributed by atoms with E-state index in [1.165, 1.54) is 83.6 Å². The number of ether oxygens (including phenoxy) is 1. The van der Waals surface area contributed by atoms with Gasteiger partial charge < -0.3 is 25.0 Å². The Labute approximate surface area is 237 Å². The van der Waals surface area contributed by atoms with Crippen LogP contribution in [0.2, 0.25) is 0 Å². The summed E-state index contributed by atoms with van der Waals surface area (Å²) >= 11 is 1.91. The fraction of sp³-hybridized carbons (Fsp3) is 0.194. The number of fused-ring (bicyclic) bond motifs is 2. The second kappa shape index (κ2) is 14.7. The summed E-state index contributed by atoms with van der Waals surface area (Å²) in [7, 11) is 2.22. The Hall–Kier alpha value is -4.34. The molecule has 2 heterocycles. The molecule has 0 aromatic heterocycles. The van der Waals surface area contributed by atoms with Crippen molar-refractivity contribution in [1.82, 2.24) is 4.90 Å². The number of esters is 1. The van der Waals surface area contributed by atoms with E-state index in [-0.39, 0.29) is 11.7 Å². The van der Waals surface area contributed by atoms with Gasteiger partial charge in [0.1, 0.15) is 11.5 Å². The van der Waals surface area contributed by atoms with Crippen LogP contribution in [0.5, 0.6) is 11.5 Å². The van der Waals surface area contributed by atoms with Gasteiger partial charge in [0.25, 0.3) is 0 Å². The highest BCUT2D eigenvalue weighted by Crippen LogP contribution is 2.47. The lowest BCUT2D eigenvalue weighted by Gasteiger charge is -2.30. The minimum atomic E-state index is -1.26. The molecule has 0 unspecified atom stereocenters. The zero-order valence-electron chi connectivity index (χ0n) is 22.2. The Bertz CT molecular complexity index is 1340. The maximum atomic E-state index is 10.4. The van der Waals surface area contributed by atoms with Crippen molar-refractivity contribution in [3.63, 3.8) is 0 Å². The maximum Gasteiger partial charge on any atom is 0.328 e. The molecule has 5 rings (SSSR count). The normalized spacial score (nSPS) is 14.1. The summed E-state index contributed by atoms with van der Waals surface area (Å²) in [6, 6.07) is 23.7. The maximum absolute atomic E-state index is 10.4. The molecule has 40 heavy (non-hydrogen) atoms. The number of phenols is 1. The number of aromatic hydroxyl groups is 1. The molecule has 0 atom stereocenters. The first kappa shape index (κ1) is 30.2. The summed E-state index contributed by atoms with van der Waals surface area (Å²) < 4.78 is 4.72. The topological polar surface area (TPSA) is 124 Å². The summed E-state index contributed by atoms with van der Waals surface area (Å²) in [6.07, 6.45) is 3.50. The highest BCUT2D eigenvalue weighted by atomic mass is 32.2. The number of hydrogen-bond donors (Lipinski definition) is 3. The van der Waals surface area contributed by atoms with Crippen molar-refractivity contribution in [2.45, 2.75) is 29.6 Å². The van der Waals surface area contributed by atoms with Crippen LogP contribution in [0.3, 0.4) is 0 Å². The van der Waals surface area contributed by atoms with Crippen LogP contribution in [0, 0.1) is 0 Å². The monoisotopic (exact) mass is 561 g/mol. The standard InChI is InChI=1S/C19H19NS.C8H8O3.C4H4O4/c1-20-12-10-14(11-13-20)19-15-6-2-4-8-17(15)21-18-9-5-3-7-16(18)19;1-6(9)11-8-4-2-7(10)3-5-8;5-3(6)1-2-4(7)8/h2-9H,10-13H2,1H3;2-5,10H,1H3;1-2H,(H,5,6)(H,7,8). The van der Waals surface area contributed by atoms with Crippen molar-refractivity contribution >= 4 is 35.2 Å². The van der Waals surface area contributed by atoms with Gasteiger partial charge in [-0.2, -0.15) is 0 Å². The van der Waals surface area contributed by atoms with Crippen molar-refractivity contribution in [3.05, 3.63) is 102 Å². The van der Waals surface area contributed by atoms with Gasteiger partial charge in [-0.3, -0.25) is 4.79 Å². The van der Waals surface area contributed by atoms with Gasteiger partial charge in [-0.05, 0) is 73.0 Å². The lowest BCUT2D eigenvalue weighted by Crippen LogP contribution is -2.27. The Balaban J connectivity index is 0.000000195. The molecular formula is C31H31NO7S. The van der Waals surface area contributed by atoms with E-state index in [1.54, 1.807) is 5.57 Å². The molecule has 8 nitrogen and oxygen atoms in total. The zero-order valence-corrected chi connectivity index (χ0v) is 23.1. The van der Waals surface area contributed by atoms with Gasteiger partial charge in [-0.15, -0.1) is 0 Å². The lowest BCUT2D eigenvalue weighted by atomic mass is 9.88. The molecule has 208 valence electrons. The summed E-state index contributed by atoms with van der Waals surface area (Å²) in [4.78, 5) is 34.8. The number of rotatable bonds is 3. The number of nitrogens with zero attached hydrogens (tertiary/aromatic N) is 1. The van der Waals surface area contributed by atoms with Gasteiger partial charge in [0.05, 0.1) is 0 Å². The third-order valence-corrected chi connectivity index (χ3v) is 7.10. The first-order valence-electron chi connectivity index (χ1n) is 12.5. The number of hydrogen-bond acceptors (Lipinski definition) is 7. The van der Waals surface area contributed by atoms with Crippen LogP contribution in [-0.2, 0) is 14.4 Å². The fourth-order valence-corrected chi connectivity index (χ4v) is 5.22. The second-order valence-corrected chi connectivity index (χ2v) is 10.1. The number of benzene rings is 3. The Kier molecular flexibility index (Phi) is 11.1. The lowest BCUT2D eigenvalue weighted by molar-refractivity contribution is -0.134. The van der Waals surface area contributed by atoms with E-state index in [0.29, 0.717) is 17.9 Å². The van der Waals surface area contributed by atoms with Gasteiger partial charge in [0.2, 0.25) is 0 Å². The molecule has 0 radical (unpaired) electrons. The van der Waals surface area contributed by atoms with Crippen molar-refractivity contribution in [2.75, 3.05) is 20.1 Å². The molecule has 0 saturated carbocycles. The molecule has 3 N–H and O–H groups in total. The average Bonchev–Trinajstić information content (AvgIpc) is 2.93. The van der Waals surface area contributed by atoms with Crippen LogP contribution in [0.15, 0.2) is 100 Å². The molecule has 1 saturated heterocycles. The van der Waals surface area contributed by atoms with Crippen molar-refractivity contribution < 1.29 is 34.4 Å². The fourth-order valence-electron chi connectivity index (χ4n) is 4.13. The summed E-state index contributed by atoms with van der Waals surface area (Å²) in [5.41, 5.74) is 6.00. The van der Waals surface area contributed by atoms with Gasteiger partial charge in [0, 0.05) is 42.0 Å². The first-order chi connectivity index (χ1) is 19.1. The number of carbonyl (C=O) groups excluding carboxylic acids is 1. The van der Waals surface area contributed by atoms with Crippen LogP contribution in [0.4, 0.5) is 0 Å². The van der Waals surface area contributed by atoms with Gasteiger partial charge in [0.15, 0.2) is 0 Å². The molecule has 2 aliphatic heterocycles. The van der Waals surface area contributed by atoms with Crippen LogP contribution in [-0.4, -0.2) is 58.3 Å². The first-order valence-corrected chi connectivity index (χ1v) is 13.3. The predicted molar refractivity (Wildman–Crippen MR) is 154 cm³/mol. The number of carboxylic acid groups (broad SMARTS) is 2. The van der Waals surface area contributed by atoms with Gasteiger partial charge in [-0.25, -0.2) is 9.59 Å². The van der Waals surface area contributed by atoms with E-state index in [9.17, 15) is 14.4 Å². The SMILES string of the molecule is CC(=O)Oc1ccc(O)cc1.CN1CCC(=C2c3ccccc3Sc3ccccc32)CC1.O=C(O)C=CC(=O)O. The average molecular weight is 562 g/mol. The van der Waals surface area contributed by atoms with Crippen LogP contribution >= 0.6 is 11.8 Å². The predicted octanol–water partition coefficient (Wildman–Crippen LogP) is 5.71. The number of carboxylic acids is 2. The van der Waals surface area contributed by atoms with Crippen LogP contribution in [0.1, 0.15) is 30.9 Å². The van der Waals surface area contributed by atoms with E-state index in [1.807, 2.05) is 11.8 Å². The Morgan fingerprint density at radius 1 is 0.800 bits per heavy atom. The van der Waals surface area contributed by atoms with E-state index >= 15 is 0 Å². The molecular weight excluding hydrogens is 530 g/mol. The largest absolute Gasteiger partial charge is 0.508 e. The molecule has 9 heteroatoms. The molecule has 3 aromatic rings. The van der Waals surface area contributed by atoms with E-state index in [4.69, 9.17) is 20.1 Å². The molecule has 0 amide bonds. The molecule has 1 fully saturated rings. The molecule has 0 spiro atoms. The van der Waals surface area contributed by atoms with Crippen LogP contribution in [0.25, 0.3) is 5.57 Å². The van der Waals surface area contributed by atoms with Crippen molar-refractivity contribution in [3.8, 4) is 11.5 Å². The third-order valence-electron chi connectivity index (χ3n) is 5.94. The number of likely N-dealkylation sites (tertiary alicyclic amines) is 1. The van der Waals surface area contributed by atoms with E-state index in [0.717, 1.165) is 0 Å². The second-order valence-electron chi connectivity index (χ2n) is 8.97. The Morgan fingerprint density at radius 3 is 1.73 bits per heavy atom. The van der Waals surface area contributed by atoms with E-state index in [2.05, 4.69) is 60.5 Å². The highest BCUT2D eigenvalue weighted by molar-refractivity contribution is 7.99. The Morgan fingerprint density at radius 2 is 1.27 bits per heavy atom. The van der Waals surface area contributed by atoms with Crippen LogP contribution < -0.4 is 4.74 Å². The van der Waals surface area contributed by atoms with Crippen molar-refractivity contribution in [2.24, 2.45) is 0 Å². The summed E-state index contributed by atoms with van der Waals surface area (Å²) in [5, 5.41) is 24.5. The number of carbonyl (C=O) groups is 3. The van der Waals surface area contributed by atoms with Gasteiger partial charge >= 0.3 is 17.9 Å². The van der Waals surface area contributed by atoms with Gasteiger partial charge in [-0.1, -0.05) is 53.7 Å². The minimum absolute atomic E-state index is 0.154. The molecule has 0 bridgehead atoms. The summed E-state index contributed by atoms with van der Waals surface area (Å²) in [5.74, 6) is -2.29. The quantitative estimate of drug-likeness (QED) is 0.164. The number of phenolic OH excluding ortho intramolecular Hbond substituents is 1. The van der Waals surface area contributed by atoms with E-state index < -0.39 is 11.9 Å². The highest BCUT2D eigenvalue weighted by Gasteiger charge is 2.24. The smallest absolute Gasteiger partial charge is 0.328 e. The third kappa shape index (κ3) is 9.14. The van der Waals surface area contributed by atoms with Crippen molar-refractivity contribution in [1.29, 1.82) is 0 Å². The number of piperidine rings is 1. The molecule has 3 aromatic carbocycles. The molecule has 0 aliphatic carbocycles. The zero-order chi connectivity index (χ0) is 29.1.